The van der Waals surface area contributed by atoms with Gasteiger partial charge in [0, 0.05) is 25.5 Å². The smallest absolute Gasteiger partial charge is 1.00 e. The summed E-state index contributed by atoms with van der Waals surface area (Å²) in [6.07, 6.45) is 2.07. The number of guanidine groups is 1. The van der Waals surface area contributed by atoms with E-state index < -0.39 is 91.2 Å². The van der Waals surface area contributed by atoms with Crippen molar-refractivity contribution in [1.29, 1.82) is 0 Å². The molecule has 0 radical (unpaired) electrons. The minimum absolute atomic E-state index is 0. The molecule has 27 heteroatoms. The Bertz CT molecular complexity index is 2070. The van der Waals surface area contributed by atoms with E-state index in [-0.39, 0.29) is 103 Å². The zero-order valence-electron chi connectivity index (χ0n) is 33.0. The molecule has 5 atom stereocenters. The second kappa shape index (κ2) is 23.8. The number of nitrogens with zero attached hydrogens (tertiary/aromatic N) is 7. The summed E-state index contributed by atoms with van der Waals surface area (Å²) in [6.45, 7) is 1.01. The molecular formula is C32H45KN14O12. The number of hydrogen-bond donors (Lipinski definition) is 11. The van der Waals surface area contributed by atoms with Crippen molar-refractivity contribution in [2.75, 3.05) is 19.7 Å². The van der Waals surface area contributed by atoms with Crippen molar-refractivity contribution in [2.45, 2.75) is 75.7 Å². The molecule has 4 amide bonds. The number of nitrogens with one attached hydrogen (secondary N) is 4. The number of carboxylic acids is 3. The number of aliphatic hydroxyl groups excluding tert-OH is 1. The normalized spacial score (nSPS) is 15.2. The molecule has 4 rings (SSSR count). The molecule has 1 fully saturated rings. The largest absolute Gasteiger partial charge is 1.00 e. The second-order valence-corrected chi connectivity index (χ2v) is 12.7. The molecule has 59 heavy (non-hydrogen) atoms. The molecule has 0 aromatic carbocycles. The molecule has 0 spiro atoms. The second-order valence-electron chi connectivity index (χ2n) is 12.7. The Balaban J connectivity index is 0.000000780. The van der Waals surface area contributed by atoms with Crippen molar-refractivity contribution in [2.24, 2.45) is 22.2 Å². The molecule has 0 saturated carbocycles. The third kappa shape index (κ3) is 14.7. The van der Waals surface area contributed by atoms with E-state index in [1.807, 2.05) is 18.3 Å². The molecule has 14 N–H and O–H groups in total. The van der Waals surface area contributed by atoms with Gasteiger partial charge in [0.05, 0.1) is 25.5 Å². The van der Waals surface area contributed by atoms with Gasteiger partial charge in [-0.1, -0.05) is 6.07 Å². The van der Waals surface area contributed by atoms with E-state index >= 15 is 0 Å². The molecule has 3 aromatic heterocycles. The number of carboxylic acid groups (broad SMARTS) is 3. The maximum absolute atomic E-state index is 13.3. The average molecular weight is 857 g/mol. The van der Waals surface area contributed by atoms with Crippen LogP contribution in [0.1, 0.15) is 45.5 Å². The van der Waals surface area contributed by atoms with Crippen LogP contribution in [-0.4, -0.2) is 153 Å². The fourth-order valence-corrected chi connectivity index (χ4v) is 5.61. The van der Waals surface area contributed by atoms with Crippen molar-refractivity contribution < 1.29 is 107 Å². The van der Waals surface area contributed by atoms with Crippen molar-refractivity contribution in [3.63, 3.8) is 0 Å². The van der Waals surface area contributed by atoms with E-state index in [1.54, 1.807) is 12.3 Å². The number of hydrogen-bond acceptors (Lipinski definition) is 15. The Morgan fingerprint density at radius 2 is 1.69 bits per heavy atom. The first-order valence-electron chi connectivity index (χ1n) is 17.5. The maximum atomic E-state index is 13.3. The summed E-state index contributed by atoms with van der Waals surface area (Å²) >= 11 is 0. The molecule has 0 unspecified atom stereocenters. The number of aliphatic carboxylic acids is 3. The van der Waals surface area contributed by atoms with Crippen LogP contribution in [0.5, 0.6) is 0 Å². The SMILES string of the molecule is Cc1cccn2c(=O)c(-c3nn[nH]n3)cnc12.NC(N)=NCCC[C@H](NC(=O)[C@@H]1CCCN1C(=O)[C@H](CC(=O)O)NC(=O)[C@H](CO)NC(=O)[C@@H](N)CC(=O)O)C(=O)O.[H-].[K+]. The number of aromatic nitrogens is 6. The average Bonchev–Trinajstić information content (AvgIpc) is 3.88. The monoisotopic (exact) mass is 856 g/mol. The minimum Gasteiger partial charge on any atom is -1.00 e. The molecular weight excluding hydrogens is 812 g/mol. The number of nitrogens with two attached hydrogens (primary N) is 3. The predicted octanol–water partition coefficient (Wildman–Crippen LogP) is -7.86. The van der Waals surface area contributed by atoms with Crippen LogP contribution in [0.2, 0.25) is 0 Å². The zero-order valence-corrected chi connectivity index (χ0v) is 35.1. The van der Waals surface area contributed by atoms with Gasteiger partial charge in [0.15, 0.2) is 5.96 Å². The maximum Gasteiger partial charge on any atom is 1.00 e. The van der Waals surface area contributed by atoms with Crippen LogP contribution < -0.4 is 90.1 Å². The summed E-state index contributed by atoms with van der Waals surface area (Å²) in [6, 6.07) is -3.80. The van der Waals surface area contributed by atoms with E-state index in [0.29, 0.717) is 17.6 Å². The fraction of sp³-hybridized carbons (Fsp3) is 0.469. The number of aliphatic hydroxyl groups is 1. The van der Waals surface area contributed by atoms with Gasteiger partial charge in [-0.25, -0.2) is 9.78 Å². The fourth-order valence-electron chi connectivity index (χ4n) is 5.61. The number of aryl methyl sites for hydroxylation is 1. The summed E-state index contributed by atoms with van der Waals surface area (Å²) in [5.41, 5.74) is 17.5. The molecule has 1 aliphatic heterocycles. The summed E-state index contributed by atoms with van der Waals surface area (Å²) in [4.78, 5) is 106. The summed E-state index contributed by atoms with van der Waals surface area (Å²) in [5.74, 6) is -8.20. The Morgan fingerprint density at radius 3 is 2.29 bits per heavy atom. The zero-order chi connectivity index (χ0) is 43.1. The van der Waals surface area contributed by atoms with E-state index in [1.165, 1.54) is 10.6 Å². The number of likely N-dealkylation sites (tertiary alicyclic amines) is 1. The van der Waals surface area contributed by atoms with Crippen molar-refractivity contribution >= 4 is 53.1 Å². The van der Waals surface area contributed by atoms with Crippen LogP contribution >= 0.6 is 0 Å². The van der Waals surface area contributed by atoms with Crippen LogP contribution in [0.3, 0.4) is 0 Å². The van der Waals surface area contributed by atoms with Crippen LogP contribution in [0.4, 0.5) is 0 Å². The van der Waals surface area contributed by atoms with Gasteiger partial charge in [0.2, 0.25) is 29.5 Å². The van der Waals surface area contributed by atoms with Crippen molar-refractivity contribution in [3.05, 3.63) is 40.4 Å². The third-order valence-corrected chi connectivity index (χ3v) is 8.45. The number of aromatic amines is 1. The van der Waals surface area contributed by atoms with Gasteiger partial charge < -0.3 is 59.9 Å². The molecule has 0 aliphatic carbocycles. The molecule has 316 valence electrons. The Hall–Kier alpha value is -5.45. The number of carbonyl (C=O) groups excluding carboxylic acids is 4. The number of amides is 4. The van der Waals surface area contributed by atoms with E-state index in [0.717, 1.165) is 10.5 Å². The first-order chi connectivity index (χ1) is 27.4. The molecule has 0 bridgehead atoms. The molecule has 3 aromatic rings. The molecule has 1 aliphatic rings. The van der Waals surface area contributed by atoms with Gasteiger partial charge in [-0.3, -0.25) is 43.0 Å². The van der Waals surface area contributed by atoms with Crippen LogP contribution in [-0.2, 0) is 33.6 Å². The Morgan fingerprint density at radius 1 is 1.02 bits per heavy atom. The van der Waals surface area contributed by atoms with Gasteiger partial charge in [0.25, 0.3) is 5.56 Å². The van der Waals surface area contributed by atoms with E-state index in [4.69, 9.17) is 22.3 Å². The molecule has 4 heterocycles. The number of tetrazole rings is 1. The first kappa shape index (κ1) is 49.7. The minimum atomic E-state index is -1.73. The molecule has 26 nitrogen and oxygen atoms in total. The van der Waals surface area contributed by atoms with Crippen LogP contribution in [0.25, 0.3) is 17.0 Å². The van der Waals surface area contributed by atoms with Gasteiger partial charge in [0.1, 0.15) is 35.4 Å². The van der Waals surface area contributed by atoms with E-state index in [2.05, 4.69) is 41.2 Å². The van der Waals surface area contributed by atoms with Crippen molar-refractivity contribution in [1.82, 2.24) is 50.9 Å². The number of aliphatic imine (C=N–C) groups is 1. The van der Waals surface area contributed by atoms with E-state index in [9.17, 15) is 53.7 Å². The van der Waals surface area contributed by atoms with Crippen LogP contribution in [0.15, 0.2) is 34.3 Å². The summed E-state index contributed by atoms with van der Waals surface area (Å²) in [7, 11) is 0. The molecule has 1 saturated heterocycles. The van der Waals surface area contributed by atoms with Gasteiger partial charge in [-0.05, 0) is 49.5 Å². The standard InChI is InChI=1S/C22H36N8O11.C10H8N6O.K.H/c23-10(7-15(32)33)17(36)29-13(9-31)18(37)28-12(8-16(34)35)20(39)30-6-2-4-14(30)19(38)27-11(21(40)41)3-1-5-26-22(24)25;1-6-3-2-4-16-9(6)11-5-7(10(16)17)8-12-14-15-13-8;;/h10-14,31H,1-9,23H2,(H,27,38)(H,28,37)(H,29,36)(H,32,33)(H,34,35)(H,40,41)(H4,24,25,26);2-5H,1H3,(H,12,13,14,15);;/q;;+1;-1/t10-,11-,12-,13-,14-;;;/m0.../s1. The summed E-state index contributed by atoms with van der Waals surface area (Å²) < 4.78 is 1.47. The predicted molar refractivity (Wildman–Crippen MR) is 198 cm³/mol. The number of fused-ring (bicyclic) bond motifs is 1. The van der Waals surface area contributed by atoms with Gasteiger partial charge >= 0.3 is 69.3 Å². The van der Waals surface area contributed by atoms with Gasteiger partial charge in [-0.2, -0.15) is 5.21 Å². The first-order valence-corrected chi connectivity index (χ1v) is 17.5. The topological polar surface area (TPSA) is 419 Å². The van der Waals surface area contributed by atoms with Crippen LogP contribution in [0, 0.1) is 6.92 Å². The van der Waals surface area contributed by atoms with Crippen molar-refractivity contribution in [3.8, 4) is 11.4 Å². The number of pyridine rings is 1. The Kier molecular flexibility index (Phi) is 20.1. The number of H-pyrrole nitrogens is 1. The number of rotatable bonds is 18. The third-order valence-electron chi connectivity index (χ3n) is 8.45. The Labute approximate surface area is 377 Å². The van der Waals surface area contributed by atoms with Gasteiger partial charge in [-0.15, -0.1) is 10.2 Å². The number of carbonyl (C=O) groups is 7. The summed E-state index contributed by atoms with van der Waals surface area (Å²) in [5, 5.41) is 56.8. The quantitative estimate of drug-likeness (QED) is 0.0245.